The molecule has 0 atom stereocenters. The first-order valence-electron chi connectivity index (χ1n) is 12.3. The second kappa shape index (κ2) is 10.5. The van der Waals surface area contributed by atoms with Crippen molar-refractivity contribution in [3.05, 3.63) is 90.6 Å². The maximum Gasteiger partial charge on any atom is 0.573 e. The van der Waals surface area contributed by atoms with Crippen LogP contribution in [0.1, 0.15) is 11.5 Å². The van der Waals surface area contributed by atoms with Crippen molar-refractivity contribution < 1.29 is 26.3 Å². The molecule has 9 nitrogen and oxygen atoms in total. The Kier molecular flexibility index (Phi) is 7.17. The van der Waals surface area contributed by atoms with E-state index in [0.29, 0.717) is 33.8 Å². The van der Waals surface area contributed by atoms with Gasteiger partial charge in [-0.1, -0.05) is 23.4 Å². The Bertz CT molecular complexity index is 1830. The largest absolute Gasteiger partial charge is 0.573 e. The first kappa shape index (κ1) is 28.1. The van der Waals surface area contributed by atoms with E-state index in [1.807, 2.05) is 48.9 Å². The quantitative estimate of drug-likeness (QED) is 0.250. The maximum atomic E-state index is 12.8. The highest BCUT2D eigenvalue weighted by Crippen LogP contribution is 2.33. The number of hydrogen-bond donors (Lipinski definition) is 0. The van der Waals surface area contributed by atoms with E-state index in [2.05, 4.69) is 20.0 Å². The number of rotatable bonds is 7. The molecule has 0 fully saturated rings. The molecule has 0 bridgehead atoms. The zero-order valence-corrected chi connectivity index (χ0v) is 23.3. The minimum Gasteiger partial charge on any atom is -0.406 e. The molecule has 0 saturated carbocycles. The van der Waals surface area contributed by atoms with Gasteiger partial charge in [0.1, 0.15) is 11.6 Å². The van der Waals surface area contributed by atoms with E-state index in [0.717, 1.165) is 15.8 Å². The van der Waals surface area contributed by atoms with Crippen LogP contribution < -0.4 is 4.74 Å². The monoisotopic (exact) mass is 582 g/mol. The molecule has 2 aromatic heterocycles. The summed E-state index contributed by atoms with van der Waals surface area (Å²) in [6.45, 7) is 3.74. The van der Waals surface area contributed by atoms with Gasteiger partial charge in [0.25, 0.3) is 0 Å². The van der Waals surface area contributed by atoms with Crippen LogP contribution in [0.5, 0.6) is 5.75 Å². The Morgan fingerprint density at radius 1 is 0.878 bits per heavy atom. The van der Waals surface area contributed by atoms with Gasteiger partial charge in [0.15, 0.2) is 0 Å². The average Bonchev–Trinajstić information content (AvgIpc) is 3.54. The van der Waals surface area contributed by atoms with Crippen LogP contribution in [0.2, 0.25) is 0 Å². The number of halogens is 3. The highest BCUT2D eigenvalue weighted by atomic mass is 32.2. The lowest BCUT2D eigenvalue weighted by atomic mass is 10.0. The molecule has 0 spiro atoms. The van der Waals surface area contributed by atoms with Crippen molar-refractivity contribution in [3.8, 4) is 39.5 Å². The highest BCUT2D eigenvalue weighted by molar-refractivity contribution is 7.89. The fraction of sp³-hybridized carbons (Fsp3) is 0.179. The summed E-state index contributed by atoms with van der Waals surface area (Å²) in [4.78, 5) is 4.65. The predicted octanol–water partition coefficient (Wildman–Crippen LogP) is 5.55. The summed E-state index contributed by atoms with van der Waals surface area (Å²) in [6.07, 6.45) is -1.42. The Morgan fingerprint density at radius 3 is 2.20 bits per heavy atom. The fourth-order valence-electron chi connectivity index (χ4n) is 4.42. The van der Waals surface area contributed by atoms with E-state index in [1.165, 1.54) is 50.6 Å². The Morgan fingerprint density at radius 2 is 1.56 bits per heavy atom. The predicted molar refractivity (Wildman–Crippen MR) is 146 cm³/mol. The van der Waals surface area contributed by atoms with Gasteiger partial charge in [0.05, 0.1) is 33.9 Å². The summed E-state index contributed by atoms with van der Waals surface area (Å²) >= 11 is 0. The number of alkyl halides is 3. The summed E-state index contributed by atoms with van der Waals surface area (Å²) in [7, 11) is -0.719. The van der Waals surface area contributed by atoms with Gasteiger partial charge >= 0.3 is 6.36 Å². The van der Waals surface area contributed by atoms with E-state index >= 15 is 0 Å². The average molecular weight is 583 g/mol. The molecule has 2 heterocycles. The topological polar surface area (TPSA) is 95.1 Å². The van der Waals surface area contributed by atoms with Gasteiger partial charge in [-0.25, -0.2) is 22.4 Å². The first-order valence-corrected chi connectivity index (χ1v) is 13.7. The minimum atomic E-state index is -4.80. The third kappa shape index (κ3) is 5.72. The van der Waals surface area contributed by atoms with Crippen LogP contribution in [0, 0.1) is 13.8 Å². The van der Waals surface area contributed by atoms with Gasteiger partial charge in [-0.15, -0.1) is 18.3 Å². The molecule has 13 heteroatoms. The van der Waals surface area contributed by atoms with Crippen LogP contribution in [0.25, 0.3) is 33.8 Å². The summed E-state index contributed by atoms with van der Waals surface area (Å²) in [5.41, 5.74) is 4.55. The molecule has 0 saturated heterocycles. The SMILES string of the molecule is Cc1cn(-c2ccc(-c3cccc(S(=O)(=O)N(C)C)c3)cc2-n2nncc2-c2ccc(OC(F)(F)F)cc2)c(C)n1. The van der Waals surface area contributed by atoms with Crippen LogP contribution in [0.15, 0.2) is 84.0 Å². The van der Waals surface area contributed by atoms with Crippen molar-refractivity contribution in [3.63, 3.8) is 0 Å². The zero-order chi connectivity index (χ0) is 29.5. The van der Waals surface area contributed by atoms with E-state index in [1.54, 1.807) is 16.8 Å². The van der Waals surface area contributed by atoms with Crippen LogP contribution in [-0.4, -0.2) is 57.7 Å². The molecule has 0 amide bonds. The smallest absolute Gasteiger partial charge is 0.406 e. The van der Waals surface area contributed by atoms with Crippen molar-refractivity contribution in [1.82, 2.24) is 28.9 Å². The summed E-state index contributed by atoms with van der Waals surface area (Å²) in [5, 5.41) is 8.38. The number of ether oxygens (including phenoxy) is 1. The molecule has 5 aromatic rings. The van der Waals surface area contributed by atoms with Crippen molar-refractivity contribution >= 4 is 10.0 Å². The van der Waals surface area contributed by atoms with E-state index < -0.39 is 16.4 Å². The van der Waals surface area contributed by atoms with Crippen LogP contribution >= 0.6 is 0 Å². The number of aromatic nitrogens is 5. The van der Waals surface area contributed by atoms with Gasteiger partial charge in [-0.3, -0.25) is 0 Å². The van der Waals surface area contributed by atoms with Gasteiger partial charge in [0.2, 0.25) is 10.0 Å². The summed E-state index contributed by atoms with van der Waals surface area (Å²) < 4.78 is 72.1. The van der Waals surface area contributed by atoms with Crippen LogP contribution in [0.4, 0.5) is 13.2 Å². The van der Waals surface area contributed by atoms with Gasteiger partial charge in [-0.05, 0) is 73.5 Å². The molecule has 0 aliphatic rings. The van der Waals surface area contributed by atoms with Crippen LogP contribution in [-0.2, 0) is 10.0 Å². The lowest BCUT2D eigenvalue weighted by Gasteiger charge is -2.17. The molecule has 0 unspecified atom stereocenters. The molecule has 41 heavy (non-hydrogen) atoms. The number of sulfonamides is 1. The van der Waals surface area contributed by atoms with E-state index in [-0.39, 0.29) is 10.6 Å². The normalized spacial score (nSPS) is 12.2. The second-order valence-corrected chi connectivity index (χ2v) is 11.6. The lowest BCUT2D eigenvalue weighted by molar-refractivity contribution is -0.274. The summed E-state index contributed by atoms with van der Waals surface area (Å²) in [6, 6.07) is 17.6. The Balaban J connectivity index is 1.66. The molecule has 212 valence electrons. The number of hydrogen-bond acceptors (Lipinski definition) is 6. The minimum absolute atomic E-state index is 0.148. The number of benzene rings is 3. The number of nitrogens with zero attached hydrogens (tertiary/aromatic N) is 6. The maximum absolute atomic E-state index is 12.8. The molecule has 0 aliphatic carbocycles. The highest BCUT2D eigenvalue weighted by Gasteiger charge is 2.31. The lowest BCUT2D eigenvalue weighted by Crippen LogP contribution is -2.22. The van der Waals surface area contributed by atoms with Crippen molar-refractivity contribution in [1.29, 1.82) is 0 Å². The second-order valence-electron chi connectivity index (χ2n) is 9.42. The molecular weight excluding hydrogens is 557 g/mol. The standard InChI is InChI=1S/C28H25F3N6O3S/c1-18-17-36(19(2)33-18)25-13-10-22(21-6-5-7-24(14-21)41(38,39)35(3)4)15-26(25)37-27(16-32-34-37)20-8-11-23(12-9-20)40-28(29,30)31/h5-17H,1-4H3. The Labute approximate surface area is 234 Å². The third-order valence-corrected chi connectivity index (χ3v) is 8.16. The van der Waals surface area contributed by atoms with E-state index in [4.69, 9.17) is 0 Å². The fourth-order valence-corrected chi connectivity index (χ4v) is 5.37. The Hall–Kier alpha value is -4.49. The molecular formula is C28H25F3N6O3S. The molecule has 0 aliphatic heterocycles. The van der Waals surface area contributed by atoms with Gasteiger partial charge in [-0.2, -0.15) is 0 Å². The first-order chi connectivity index (χ1) is 19.3. The zero-order valence-electron chi connectivity index (χ0n) is 22.5. The number of aryl methyl sites for hydroxylation is 2. The van der Waals surface area contributed by atoms with E-state index in [9.17, 15) is 21.6 Å². The van der Waals surface area contributed by atoms with Crippen LogP contribution in [0.3, 0.4) is 0 Å². The van der Waals surface area contributed by atoms with Gasteiger partial charge in [0, 0.05) is 25.9 Å². The molecule has 5 rings (SSSR count). The van der Waals surface area contributed by atoms with Crippen molar-refractivity contribution in [2.24, 2.45) is 0 Å². The number of imidazole rings is 1. The molecule has 0 radical (unpaired) electrons. The van der Waals surface area contributed by atoms with Crippen molar-refractivity contribution in [2.75, 3.05) is 14.1 Å². The molecule has 0 N–H and O–H groups in total. The third-order valence-electron chi connectivity index (χ3n) is 6.34. The summed E-state index contributed by atoms with van der Waals surface area (Å²) in [5.74, 6) is 0.380. The van der Waals surface area contributed by atoms with Gasteiger partial charge < -0.3 is 9.30 Å². The molecule has 3 aromatic carbocycles. The van der Waals surface area contributed by atoms with Crippen molar-refractivity contribution in [2.45, 2.75) is 25.1 Å².